The first-order chi connectivity index (χ1) is 8.95. The van der Waals surface area contributed by atoms with Crippen LogP contribution in [0.15, 0.2) is 0 Å². The lowest BCUT2D eigenvalue weighted by atomic mass is 9.96. The third-order valence-corrected chi connectivity index (χ3v) is 4.77. The van der Waals surface area contributed by atoms with Crippen molar-refractivity contribution < 1.29 is 0 Å². The van der Waals surface area contributed by atoms with E-state index in [0.717, 1.165) is 12.8 Å². The van der Waals surface area contributed by atoms with Crippen molar-refractivity contribution in [3.05, 3.63) is 0 Å². The molecule has 1 aliphatic carbocycles. The molecule has 0 bridgehead atoms. The molecule has 0 radical (unpaired) electrons. The molecule has 0 aromatic rings. The minimum absolute atomic E-state index is 0.304. The number of rotatable bonds is 7. The van der Waals surface area contributed by atoms with Crippen molar-refractivity contribution in [3.8, 4) is 6.07 Å². The molecule has 1 atom stereocenters. The average molecular weight is 263 g/mol. The van der Waals surface area contributed by atoms with E-state index < -0.39 is 0 Å². The minimum Gasteiger partial charge on any atom is -0.298 e. The molecule has 1 saturated heterocycles. The number of nitrogens with zero attached hydrogens (tertiary/aromatic N) is 2. The third kappa shape index (κ3) is 4.19. The zero-order chi connectivity index (χ0) is 13.9. The third-order valence-electron chi connectivity index (χ3n) is 4.77. The van der Waals surface area contributed by atoms with Crippen LogP contribution in [0.3, 0.4) is 0 Å². The molecule has 1 heterocycles. The number of hydrogen-bond donors (Lipinski definition) is 1. The predicted octanol–water partition coefficient (Wildman–Crippen LogP) is 3.07. The number of unbranched alkanes of at least 4 members (excludes halogenated alkanes) is 1. The standard InChI is InChI=1S/C16H29N3/c1-15(2)9-6-12-19(15)11-5-4-10-16(3,13-17)18-14-7-8-14/h14,18H,4-12H2,1-3H3. The van der Waals surface area contributed by atoms with Gasteiger partial charge in [-0.2, -0.15) is 5.26 Å². The Balaban J connectivity index is 1.66. The molecular weight excluding hydrogens is 234 g/mol. The van der Waals surface area contributed by atoms with E-state index in [1.54, 1.807) is 0 Å². The zero-order valence-electron chi connectivity index (χ0n) is 12.8. The largest absolute Gasteiger partial charge is 0.298 e. The molecule has 1 unspecified atom stereocenters. The summed E-state index contributed by atoms with van der Waals surface area (Å²) < 4.78 is 0. The van der Waals surface area contributed by atoms with Gasteiger partial charge in [0.05, 0.1) is 6.07 Å². The lowest BCUT2D eigenvalue weighted by molar-refractivity contribution is 0.170. The minimum atomic E-state index is -0.304. The molecule has 0 aromatic heterocycles. The smallest absolute Gasteiger partial charge is 0.104 e. The Labute approximate surface area is 118 Å². The zero-order valence-corrected chi connectivity index (χ0v) is 12.8. The highest BCUT2D eigenvalue weighted by atomic mass is 15.2. The molecule has 0 amide bonds. The SMILES string of the molecule is CC(C#N)(CCCCN1CCCC1(C)C)NC1CC1. The molecule has 2 aliphatic rings. The van der Waals surface area contributed by atoms with Gasteiger partial charge in [-0.1, -0.05) is 0 Å². The summed E-state index contributed by atoms with van der Waals surface area (Å²) in [6.07, 6.45) is 8.51. The molecule has 3 heteroatoms. The Morgan fingerprint density at radius 1 is 1.37 bits per heavy atom. The molecule has 1 aliphatic heterocycles. The highest BCUT2D eigenvalue weighted by Crippen LogP contribution is 2.29. The van der Waals surface area contributed by atoms with E-state index in [-0.39, 0.29) is 5.54 Å². The number of nitrogens with one attached hydrogen (secondary N) is 1. The van der Waals surface area contributed by atoms with Gasteiger partial charge >= 0.3 is 0 Å². The van der Waals surface area contributed by atoms with Crippen LogP contribution in [0, 0.1) is 11.3 Å². The van der Waals surface area contributed by atoms with Crippen molar-refractivity contribution >= 4 is 0 Å². The van der Waals surface area contributed by atoms with Crippen molar-refractivity contribution in [2.24, 2.45) is 0 Å². The Kier molecular flexibility index (Phi) is 4.53. The van der Waals surface area contributed by atoms with Gasteiger partial charge in [0, 0.05) is 11.6 Å². The summed E-state index contributed by atoms with van der Waals surface area (Å²) in [5.41, 5.74) is 0.0898. The quantitative estimate of drug-likeness (QED) is 0.718. The molecule has 1 N–H and O–H groups in total. The number of hydrogen-bond acceptors (Lipinski definition) is 3. The molecule has 0 aromatic carbocycles. The Bertz CT molecular complexity index is 340. The second-order valence-corrected chi connectivity index (χ2v) is 7.22. The molecule has 108 valence electrons. The number of nitriles is 1. The summed E-state index contributed by atoms with van der Waals surface area (Å²) in [7, 11) is 0. The van der Waals surface area contributed by atoms with Crippen LogP contribution in [0.25, 0.3) is 0 Å². The summed E-state index contributed by atoms with van der Waals surface area (Å²) in [6, 6.07) is 3.08. The van der Waals surface area contributed by atoms with Crippen LogP contribution < -0.4 is 5.32 Å². The van der Waals surface area contributed by atoms with Crippen LogP contribution in [-0.2, 0) is 0 Å². The van der Waals surface area contributed by atoms with Crippen LogP contribution in [0.2, 0.25) is 0 Å². The van der Waals surface area contributed by atoms with Crippen LogP contribution in [0.5, 0.6) is 0 Å². The Morgan fingerprint density at radius 2 is 2.11 bits per heavy atom. The molecule has 2 rings (SSSR count). The molecular formula is C16H29N3. The van der Waals surface area contributed by atoms with E-state index in [0.29, 0.717) is 11.6 Å². The van der Waals surface area contributed by atoms with Crippen LogP contribution in [0.4, 0.5) is 0 Å². The maximum absolute atomic E-state index is 9.33. The predicted molar refractivity (Wildman–Crippen MR) is 78.9 cm³/mol. The Hall–Kier alpha value is -0.590. The van der Waals surface area contributed by atoms with Gasteiger partial charge in [-0.25, -0.2) is 0 Å². The summed E-state index contributed by atoms with van der Waals surface area (Å²) in [6.45, 7) is 9.22. The monoisotopic (exact) mass is 263 g/mol. The van der Waals surface area contributed by atoms with Gasteiger partial charge in [0.25, 0.3) is 0 Å². The van der Waals surface area contributed by atoms with Gasteiger partial charge in [0.1, 0.15) is 5.54 Å². The molecule has 3 nitrogen and oxygen atoms in total. The van der Waals surface area contributed by atoms with Crippen LogP contribution >= 0.6 is 0 Å². The van der Waals surface area contributed by atoms with E-state index in [2.05, 4.69) is 37.1 Å². The lowest BCUT2D eigenvalue weighted by Crippen LogP contribution is -2.42. The van der Waals surface area contributed by atoms with Crippen molar-refractivity contribution in [2.75, 3.05) is 13.1 Å². The first-order valence-corrected chi connectivity index (χ1v) is 7.89. The second kappa shape index (κ2) is 5.81. The van der Waals surface area contributed by atoms with Crippen molar-refractivity contribution in [1.82, 2.24) is 10.2 Å². The van der Waals surface area contributed by atoms with Crippen molar-refractivity contribution in [1.29, 1.82) is 5.26 Å². The Morgan fingerprint density at radius 3 is 2.63 bits per heavy atom. The molecule has 19 heavy (non-hydrogen) atoms. The summed E-state index contributed by atoms with van der Waals surface area (Å²) in [4.78, 5) is 2.62. The van der Waals surface area contributed by atoms with Gasteiger partial charge in [-0.3, -0.25) is 10.2 Å². The first-order valence-electron chi connectivity index (χ1n) is 7.89. The lowest BCUT2D eigenvalue weighted by Gasteiger charge is -2.32. The van der Waals surface area contributed by atoms with Gasteiger partial charge in [-0.15, -0.1) is 0 Å². The van der Waals surface area contributed by atoms with Gasteiger partial charge in [0.2, 0.25) is 0 Å². The van der Waals surface area contributed by atoms with Crippen molar-refractivity contribution in [3.63, 3.8) is 0 Å². The fraction of sp³-hybridized carbons (Fsp3) is 0.938. The fourth-order valence-corrected chi connectivity index (χ4v) is 3.20. The highest BCUT2D eigenvalue weighted by Gasteiger charge is 2.33. The van der Waals surface area contributed by atoms with E-state index >= 15 is 0 Å². The van der Waals surface area contributed by atoms with Crippen molar-refractivity contribution in [2.45, 2.75) is 82.8 Å². The molecule has 2 fully saturated rings. The molecule has 1 saturated carbocycles. The van der Waals surface area contributed by atoms with Gasteiger partial charge < -0.3 is 0 Å². The maximum Gasteiger partial charge on any atom is 0.104 e. The first kappa shape index (κ1) is 14.8. The number of likely N-dealkylation sites (tertiary alicyclic amines) is 1. The maximum atomic E-state index is 9.33. The summed E-state index contributed by atoms with van der Waals surface area (Å²) in [5, 5.41) is 12.8. The summed E-state index contributed by atoms with van der Waals surface area (Å²) in [5.74, 6) is 0. The van der Waals surface area contributed by atoms with E-state index in [9.17, 15) is 5.26 Å². The van der Waals surface area contributed by atoms with Crippen LogP contribution in [-0.4, -0.2) is 35.1 Å². The van der Waals surface area contributed by atoms with Gasteiger partial charge in [-0.05, 0) is 78.8 Å². The topological polar surface area (TPSA) is 39.1 Å². The molecule has 0 spiro atoms. The normalized spacial score (nSPS) is 26.0. The van der Waals surface area contributed by atoms with Crippen LogP contribution in [0.1, 0.15) is 65.7 Å². The van der Waals surface area contributed by atoms with Gasteiger partial charge in [0.15, 0.2) is 0 Å². The fourth-order valence-electron chi connectivity index (χ4n) is 3.20. The van der Waals surface area contributed by atoms with E-state index in [1.165, 1.54) is 45.2 Å². The second-order valence-electron chi connectivity index (χ2n) is 7.22. The van der Waals surface area contributed by atoms with E-state index in [1.807, 2.05) is 0 Å². The van der Waals surface area contributed by atoms with E-state index in [4.69, 9.17) is 0 Å². The average Bonchev–Trinajstić information content (AvgIpc) is 3.09. The summed E-state index contributed by atoms with van der Waals surface area (Å²) >= 11 is 0. The highest BCUT2D eigenvalue weighted by molar-refractivity contribution is 5.07.